The van der Waals surface area contributed by atoms with Crippen molar-refractivity contribution in [1.29, 1.82) is 0 Å². The number of hydrogen-bond acceptors (Lipinski definition) is 2. The van der Waals surface area contributed by atoms with Crippen LogP contribution in [0.5, 0.6) is 0 Å². The number of nitrogens with one attached hydrogen (secondary N) is 1. The van der Waals surface area contributed by atoms with E-state index in [0.29, 0.717) is 0 Å². The Bertz CT molecular complexity index is 250. The lowest BCUT2D eigenvalue weighted by atomic mass is 9.81. The van der Waals surface area contributed by atoms with Crippen molar-refractivity contribution in [2.24, 2.45) is 10.4 Å². The predicted octanol–water partition coefficient (Wildman–Crippen LogP) is 1.82. The number of allylic oxidation sites excluding steroid dienone is 1. The summed E-state index contributed by atoms with van der Waals surface area (Å²) in [6.07, 6.45) is 10.4. The Kier molecular flexibility index (Phi) is 1.34. The molecule has 2 aliphatic rings. The van der Waals surface area contributed by atoms with Crippen molar-refractivity contribution in [1.82, 2.24) is 5.32 Å². The largest absolute Gasteiger partial charge is 0.350 e. The molecule has 2 heterocycles. The van der Waals surface area contributed by atoms with Crippen LogP contribution in [0.15, 0.2) is 29.5 Å². The molecule has 11 heavy (non-hydrogen) atoms. The van der Waals surface area contributed by atoms with Gasteiger partial charge in [-0.15, -0.1) is 0 Å². The summed E-state index contributed by atoms with van der Waals surface area (Å²) in [5.41, 5.74) is 0.203. The molecule has 0 amide bonds. The summed E-state index contributed by atoms with van der Waals surface area (Å²) in [6, 6.07) is 0. The van der Waals surface area contributed by atoms with E-state index in [0.717, 1.165) is 18.7 Å². The van der Waals surface area contributed by atoms with E-state index in [1.165, 1.54) is 0 Å². The van der Waals surface area contributed by atoms with E-state index in [4.69, 9.17) is 0 Å². The third-order valence-electron chi connectivity index (χ3n) is 2.52. The molecule has 0 spiro atoms. The third-order valence-corrected chi connectivity index (χ3v) is 2.52. The Morgan fingerprint density at radius 2 is 2.64 bits per heavy atom. The number of hydrogen-bond donors (Lipinski definition) is 1. The van der Waals surface area contributed by atoms with Crippen LogP contribution in [-0.2, 0) is 0 Å². The van der Waals surface area contributed by atoms with Gasteiger partial charge in [-0.3, -0.25) is 0 Å². The lowest BCUT2D eigenvalue weighted by Gasteiger charge is -2.26. The van der Waals surface area contributed by atoms with E-state index in [2.05, 4.69) is 29.4 Å². The monoisotopic (exact) mass is 148 g/mol. The highest BCUT2D eigenvalue weighted by Gasteiger charge is 2.34. The van der Waals surface area contributed by atoms with Crippen LogP contribution in [0.1, 0.15) is 19.8 Å². The molecule has 2 rings (SSSR count). The molecule has 2 heteroatoms. The van der Waals surface area contributed by atoms with Crippen molar-refractivity contribution in [3.63, 3.8) is 0 Å². The Labute approximate surface area is 66.7 Å². The molecule has 2 nitrogen and oxygen atoms in total. The van der Waals surface area contributed by atoms with Crippen LogP contribution >= 0.6 is 0 Å². The van der Waals surface area contributed by atoms with E-state index in [-0.39, 0.29) is 5.41 Å². The van der Waals surface area contributed by atoms with Gasteiger partial charge in [-0.25, -0.2) is 4.99 Å². The van der Waals surface area contributed by atoms with E-state index in [9.17, 15) is 0 Å². The Balaban J connectivity index is 2.37. The molecule has 0 bridgehead atoms. The van der Waals surface area contributed by atoms with Gasteiger partial charge in [0.1, 0.15) is 5.84 Å². The van der Waals surface area contributed by atoms with E-state index < -0.39 is 0 Å². The molecule has 0 unspecified atom stereocenters. The highest BCUT2D eigenvalue weighted by atomic mass is 15.0. The number of nitrogens with zero attached hydrogens (tertiary/aromatic N) is 1. The molecule has 1 atom stereocenters. The van der Waals surface area contributed by atoms with Gasteiger partial charge in [0.05, 0.1) is 5.41 Å². The van der Waals surface area contributed by atoms with E-state index in [1.54, 1.807) is 0 Å². The molecular formula is C9H12N2. The molecule has 0 fully saturated rings. The van der Waals surface area contributed by atoms with Crippen LogP contribution < -0.4 is 5.32 Å². The third kappa shape index (κ3) is 0.821. The highest BCUT2D eigenvalue weighted by molar-refractivity contribution is 5.94. The molecule has 0 saturated heterocycles. The maximum Gasteiger partial charge on any atom is 0.116 e. The van der Waals surface area contributed by atoms with Crippen molar-refractivity contribution in [2.45, 2.75) is 19.8 Å². The molecule has 58 valence electrons. The SMILES string of the molecule is CC[C@@]12C=CNC1=NC=CC2. The van der Waals surface area contributed by atoms with Gasteiger partial charge >= 0.3 is 0 Å². The average molecular weight is 148 g/mol. The molecule has 1 N–H and O–H groups in total. The standard InChI is InChI=1S/C9H12N2/c1-2-9-4-3-6-10-8(9)11-7-5-9/h3,5-7H,2,4H2,1H3,(H,10,11)/t9-/m1/s1. The van der Waals surface area contributed by atoms with Gasteiger partial charge in [0.25, 0.3) is 0 Å². The van der Waals surface area contributed by atoms with Crippen LogP contribution in [0.2, 0.25) is 0 Å². The maximum absolute atomic E-state index is 4.30. The second kappa shape index (κ2) is 2.22. The number of amidine groups is 1. The molecule has 2 aliphatic heterocycles. The minimum atomic E-state index is 0.203. The van der Waals surface area contributed by atoms with Gasteiger partial charge in [0.15, 0.2) is 0 Å². The minimum Gasteiger partial charge on any atom is -0.350 e. The fourth-order valence-corrected chi connectivity index (χ4v) is 1.65. The first-order valence-electron chi connectivity index (χ1n) is 4.05. The summed E-state index contributed by atoms with van der Waals surface area (Å²) in [5, 5.41) is 3.17. The van der Waals surface area contributed by atoms with Gasteiger partial charge in [-0.1, -0.05) is 19.1 Å². The van der Waals surface area contributed by atoms with E-state index >= 15 is 0 Å². The molecule has 0 aliphatic carbocycles. The normalized spacial score (nSPS) is 33.0. The smallest absolute Gasteiger partial charge is 0.116 e. The molecule has 0 saturated carbocycles. The molecule has 0 aromatic carbocycles. The van der Waals surface area contributed by atoms with Gasteiger partial charge in [-0.2, -0.15) is 0 Å². The quantitative estimate of drug-likeness (QED) is 0.602. The Morgan fingerprint density at radius 1 is 1.73 bits per heavy atom. The predicted molar refractivity (Wildman–Crippen MR) is 46.2 cm³/mol. The number of aliphatic imine (C=N–C) groups is 1. The van der Waals surface area contributed by atoms with Gasteiger partial charge in [0.2, 0.25) is 0 Å². The molecule has 0 radical (unpaired) electrons. The summed E-state index contributed by atoms with van der Waals surface area (Å²) in [6.45, 7) is 2.20. The van der Waals surface area contributed by atoms with Gasteiger partial charge in [0, 0.05) is 6.20 Å². The Hall–Kier alpha value is -1.05. The zero-order valence-corrected chi connectivity index (χ0v) is 6.67. The molecular weight excluding hydrogens is 136 g/mol. The van der Waals surface area contributed by atoms with E-state index in [1.807, 2.05) is 12.4 Å². The highest BCUT2D eigenvalue weighted by Crippen LogP contribution is 2.34. The second-order valence-electron chi connectivity index (χ2n) is 3.05. The first kappa shape index (κ1) is 6.65. The van der Waals surface area contributed by atoms with Crippen molar-refractivity contribution in [2.75, 3.05) is 0 Å². The zero-order chi connectivity index (χ0) is 7.73. The molecule has 0 aromatic rings. The summed E-state index contributed by atoms with van der Waals surface area (Å²) < 4.78 is 0. The van der Waals surface area contributed by atoms with Gasteiger partial charge in [-0.05, 0) is 19.0 Å². The fourth-order valence-electron chi connectivity index (χ4n) is 1.65. The topological polar surface area (TPSA) is 24.4 Å². The van der Waals surface area contributed by atoms with Crippen molar-refractivity contribution >= 4 is 5.84 Å². The summed E-state index contributed by atoms with van der Waals surface area (Å²) >= 11 is 0. The first-order valence-corrected chi connectivity index (χ1v) is 4.05. The maximum atomic E-state index is 4.30. The molecule has 0 aromatic heterocycles. The van der Waals surface area contributed by atoms with Crippen LogP contribution in [0.25, 0.3) is 0 Å². The summed E-state index contributed by atoms with van der Waals surface area (Å²) in [4.78, 5) is 4.30. The van der Waals surface area contributed by atoms with Crippen LogP contribution in [0, 0.1) is 5.41 Å². The van der Waals surface area contributed by atoms with Crippen LogP contribution in [0.4, 0.5) is 0 Å². The number of rotatable bonds is 1. The first-order chi connectivity index (χ1) is 5.37. The van der Waals surface area contributed by atoms with Crippen LogP contribution in [0.3, 0.4) is 0 Å². The van der Waals surface area contributed by atoms with Crippen molar-refractivity contribution in [3.8, 4) is 0 Å². The zero-order valence-electron chi connectivity index (χ0n) is 6.67. The van der Waals surface area contributed by atoms with Crippen LogP contribution in [-0.4, -0.2) is 5.84 Å². The average Bonchev–Trinajstić information content (AvgIpc) is 2.48. The fraction of sp³-hybridized carbons (Fsp3) is 0.444. The number of fused-ring (bicyclic) bond motifs is 1. The van der Waals surface area contributed by atoms with Gasteiger partial charge < -0.3 is 5.32 Å². The van der Waals surface area contributed by atoms with Crippen molar-refractivity contribution < 1.29 is 0 Å². The minimum absolute atomic E-state index is 0.203. The summed E-state index contributed by atoms with van der Waals surface area (Å²) in [5.74, 6) is 1.11. The lowest BCUT2D eigenvalue weighted by Crippen LogP contribution is -2.32. The summed E-state index contributed by atoms with van der Waals surface area (Å²) in [7, 11) is 0. The second-order valence-corrected chi connectivity index (χ2v) is 3.05. The Morgan fingerprint density at radius 3 is 3.36 bits per heavy atom. The lowest BCUT2D eigenvalue weighted by molar-refractivity contribution is 0.517. The van der Waals surface area contributed by atoms with Crippen molar-refractivity contribution in [3.05, 3.63) is 24.6 Å².